The summed E-state index contributed by atoms with van der Waals surface area (Å²) in [6.45, 7) is 0. The number of benzene rings is 1. The van der Waals surface area contributed by atoms with E-state index in [1.807, 2.05) is 23.9 Å². The van der Waals surface area contributed by atoms with Gasteiger partial charge in [0.1, 0.15) is 5.82 Å². The van der Waals surface area contributed by atoms with Crippen molar-refractivity contribution >= 4 is 46.0 Å². The number of halogens is 2. The number of hydrogen-bond acceptors (Lipinski definition) is 2. The third-order valence-electron chi connectivity index (χ3n) is 3.31. The Hall–Kier alpha value is -0.380. The molecule has 3 rings (SSSR count). The van der Waals surface area contributed by atoms with E-state index in [2.05, 4.69) is 10.6 Å². The van der Waals surface area contributed by atoms with E-state index in [1.165, 1.54) is 23.4 Å². The Bertz CT molecular complexity index is 561. The van der Waals surface area contributed by atoms with Crippen molar-refractivity contribution < 1.29 is 0 Å². The fraction of sp³-hybridized carbons (Fsp3) is 0.462. The van der Waals surface area contributed by atoms with Gasteiger partial charge < -0.3 is 4.57 Å². The SMILES string of the molecule is ClCCc1nc2cc(Cl)ccc2n1C1CCSC1. The summed E-state index contributed by atoms with van der Waals surface area (Å²) in [5, 5.41) is 0.741. The number of rotatable bonds is 3. The van der Waals surface area contributed by atoms with E-state index in [0.29, 0.717) is 11.9 Å². The number of aromatic nitrogens is 2. The largest absolute Gasteiger partial charge is 0.324 e. The Morgan fingerprint density at radius 3 is 3.06 bits per heavy atom. The second-order valence-corrected chi connectivity index (χ2v) is 6.45. The Morgan fingerprint density at radius 2 is 2.33 bits per heavy atom. The number of alkyl halides is 1. The van der Waals surface area contributed by atoms with Crippen LogP contribution in [0.4, 0.5) is 0 Å². The van der Waals surface area contributed by atoms with Crippen molar-refractivity contribution in [1.82, 2.24) is 9.55 Å². The highest BCUT2D eigenvalue weighted by molar-refractivity contribution is 7.99. The first-order valence-corrected chi connectivity index (χ1v) is 8.16. The van der Waals surface area contributed by atoms with Crippen LogP contribution in [0.3, 0.4) is 0 Å². The fourth-order valence-corrected chi connectivity index (χ4v) is 4.04. The topological polar surface area (TPSA) is 17.8 Å². The monoisotopic (exact) mass is 300 g/mol. The molecule has 1 aromatic carbocycles. The first kappa shape index (κ1) is 12.6. The Morgan fingerprint density at radius 1 is 1.44 bits per heavy atom. The average molecular weight is 301 g/mol. The molecule has 1 fully saturated rings. The highest BCUT2D eigenvalue weighted by Gasteiger charge is 2.22. The highest BCUT2D eigenvalue weighted by atomic mass is 35.5. The summed E-state index contributed by atoms with van der Waals surface area (Å²) in [6, 6.07) is 6.51. The van der Waals surface area contributed by atoms with E-state index in [9.17, 15) is 0 Å². The van der Waals surface area contributed by atoms with Gasteiger partial charge in [-0.15, -0.1) is 11.6 Å². The lowest BCUT2D eigenvalue weighted by atomic mass is 10.2. The van der Waals surface area contributed by atoms with Crippen LogP contribution in [0.1, 0.15) is 18.3 Å². The highest BCUT2D eigenvalue weighted by Crippen LogP contribution is 2.33. The third kappa shape index (κ3) is 2.24. The van der Waals surface area contributed by atoms with Gasteiger partial charge in [0, 0.05) is 29.1 Å². The molecule has 2 heterocycles. The van der Waals surface area contributed by atoms with Gasteiger partial charge in [0.15, 0.2) is 0 Å². The smallest absolute Gasteiger partial charge is 0.111 e. The molecule has 0 spiro atoms. The summed E-state index contributed by atoms with van der Waals surface area (Å²) in [7, 11) is 0. The van der Waals surface area contributed by atoms with E-state index in [1.54, 1.807) is 0 Å². The molecule has 5 heteroatoms. The quantitative estimate of drug-likeness (QED) is 0.793. The Balaban J connectivity index is 2.14. The second kappa shape index (κ2) is 5.32. The summed E-state index contributed by atoms with van der Waals surface area (Å²) < 4.78 is 2.37. The number of nitrogens with zero attached hydrogens (tertiary/aromatic N) is 2. The molecule has 2 nitrogen and oxygen atoms in total. The van der Waals surface area contributed by atoms with Crippen LogP contribution in [0.15, 0.2) is 18.2 Å². The molecule has 0 bridgehead atoms. The van der Waals surface area contributed by atoms with E-state index in [-0.39, 0.29) is 0 Å². The van der Waals surface area contributed by atoms with Gasteiger partial charge in [-0.25, -0.2) is 4.98 Å². The zero-order valence-corrected chi connectivity index (χ0v) is 12.2. The van der Waals surface area contributed by atoms with Crippen LogP contribution in [-0.4, -0.2) is 26.9 Å². The van der Waals surface area contributed by atoms with Crippen LogP contribution in [0.5, 0.6) is 0 Å². The van der Waals surface area contributed by atoms with Gasteiger partial charge in [-0.2, -0.15) is 11.8 Å². The molecule has 0 N–H and O–H groups in total. The minimum atomic E-state index is 0.555. The van der Waals surface area contributed by atoms with Crippen LogP contribution < -0.4 is 0 Å². The lowest BCUT2D eigenvalue weighted by Gasteiger charge is -2.15. The van der Waals surface area contributed by atoms with Crippen LogP contribution in [0.2, 0.25) is 5.02 Å². The second-order valence-electron chi connectivity index (χ2n) is 4.49. The Kier molecular flexibility index (Phi) is 3.73. The van der Waals surface area contributed by atoms with Crippen molar-refractivity contribution in [1.29, 1.82) is 0 Å². The van der Waals surface area contributed by atoms with Crippen molar-refractivity contribution in [3.63, 3.8) is 0 Å². The van der Waals surface area contributed by atoms with Crippen molar-refractivity contribution in [3.05, 3.63) is 29.0 Å². The van der Waals surface area contributed by atoms with Crippen LogP contribution in [0.25, 0.3) is 11.0 Å². The number of imidazole rings is 1. The number of aryl methyl sites for hydroxylation is 1. The maximum atomic E-state index is 6.04. The van der Waals surface area contributed by atoms with Crippen LogP contribution in [0, 0.1) is 0 Å². The normalized spacial score (nSPS) is 19.8. The molecule has 0 amide bonds. The number of fused-ring (bicyclic) bond motifs is 1. The maximum Gasteiger partial charge on any atom is 0.111 e. The van der Waals surface area contributed by atoms with E-state index in [0.717, 1.165) is 22.8 Å². The molecule has 1 saturated heterocycles. The lowest BCUT2D eigenvalue weighted by molar-refractivity contribution is 0.552. The average Bonchev–Trinajstić information content (AvgIpc) is 2.95. The molecule has 1 unspecified atom stereocenters. The number of thioether (sulfide) groups is 1. The van der Waals surface area contributed by atoms with Crippen molar-refractivity contribution in [2.45, 2.75) is 18.9 Å². The van der Waals surface area contributed by atoms with E-state index >= 15 is 0 Å². The third-order valence-corrected chi connectivity index (χ3v) is 4.88. The zero-order valence-electron chi connectivity index (χ0n) is 9.90. The van der Waals surface area contributed by atoms with E-state index < -0.39 is 0 Å². The molecule has 1 atom stereocenters. The minimum Gasteiger partial charge on any atom is -0.324 e. The van der Waals surface area contributed by atoms with Gasteiger partial charge in [0.05, 0.1) is 11.0 Å². The molecule has 18 heavy (non-hydrogen) atoms. The van der Waals surface area contributed by atoms with Crippen LogP contribution in [-0.2, 0) is 6.42 Å². The standard InChI is InChI=1S/C13H14Cl2N2S/c14-5-3-13-16-11-7-9(15)1-2-12(11)17(13)10-4-6-18-8-10/h1-2,7,10H,3-6,8H2. The molecule has 0 saturated carbocycles. The summed E-state index contributed by atoms with van der Waals surface area (Å²) in [5.41, 5.74) is 2.17. The van der Waals surface area contributed by atoms with Crippen molar-refractivity contribution in [2.24, 2.45) is 0 Å². The van der Waals surface area contributed by atoms with Crippen LogP contribution >= 0.6 is 35.0 Å². The molecule has 1 aliphatic heterocycles. The van der Waals surface area contributed by atoms with E-state index in [4.69, 9.17) is 28.2 Å². The minimum absolute atomic E-state index is 0.555. The fourth-order valence-electron chi connectivity index (χ4n) is 2.52. The molecular formula is C13H14Cl2N2S. The van der Waals surface area contributed by atoms with Gasteiger partial charge in [-0.1, -0.05) is 11.6 Å². The molecule has 0 aliphatic carbocycles. The van der Waals surface area contributed by atoms with Gasteiger partial charge in [-0.05, 0) is 30.4 Å². The van der Waals surface area contributed by atoms with Gasteiger partial charge in [0.25, 0.3) is 0 Å². The maximum absolute atomic E-state index is 6.04. The number of hydrogen-bond donors (Lipinski definition) is 0. The summed E-state index contributed by atoms with van der Waals surface area (Å²) in [4.78, 5) is 4.69. The molecular weight excluding hydrogens is 287 g/mol. The molecule has 2 aromatic rings. The van der Waals surface area contributed by atoms with Gasteiger partial charge >= 0.3 is 0 Å². The van der Waals surface area contributed by atoms with Crippen molar-refractivity contribution in [3.8, 4) is 0 Å². The predicted octanol–water partition coefficient (Wildman–Crippen LogP) is 4.15. The molecule has 1 aliphatic rings. The first-order chi connectivity index (χ1) is 8.79. The van der Waals surface area contributed by atoms with Gasteiger partial charge in [0.2, 0.25) is 0 Å². The zero-order chi connectivity index (χ0) is 12.5. The van der Waals surface area contributed by atoms with Crippen molar-refractivity contribution in [2.75, 3.05) is 17.4 Å². The summed E-state index contributed by atoms with van der Waals surface area (Å²) >= 11 is 13.9. The molecule has 0 radical (unpaired) electrons. The molecule has 1 aromatic heterocycles. The Labute approximate surface area is 121 Å². The lowest BCUT2D eigenvalue weighted by Crippen LogP contribution is -2.12. The summed E-state index contributed by atoms with van der Waals surface area (Å²) in [6.07, 6.45) is 2.03. The van der Waals surface area contributed by atoms with Gasteiger partial charge in [-0.3, -0.25) is 0 Å². The predicted molar refractivity (Wildman–Crippen MR) is 80.1 cm³/mol. The first-order valence-electron chi connectivity index (χ1n) is 6.09. The summed E-state index contributed by atoms with van der Waals surface area (Å²) in [5.74, 6) is 4.10. The molecule has 96 valence electrons.